The first-order valence-electron chi connectivity index (χ1n) is 12.7. The predicted molar refractivity (Wildman–Crippen MR) is 156 cm³/mol. The van der Waals surface area contributed by atoms with Gasteiger partial charge in [-0.15, -0.1) is 0 Å². The molecule has 4 N–H and O–H groups in total. The Labute approximate surface area is 239 Å². The predicted octanol–water partition coefficient (Wildman–Crippen LogP) is 5.80. The number of rotatable bonds is 6. The second-order valence-electron chi connectivity index (χ2n) is 9.73. The molecule has 13 heteroatoms. The van der Waals surface area contributed by atoms with Gasteiger partial charge in [0.2, 0.25) is 0 Å². The van der Waals surface area contributed by atoms with Gasteiger partial charge in [-0.25, -0.2) is 15.0 Å². The van der Waals surface area contributed by atoms with Crippen molar-refractivity contribution in [1.29, 1.82) is 0 Å². The zero-order chi connectivity index (χ0) is 30.8. The quantitative estimate of drug-likeness (QED) is 0.168. The van der Waals surface area contributed by atoms with E-state index in [-0.39, 0.29) is 12.2 Å². The smallest absolute Gasteiger partial charge is 0.416 e. The normalized spacial score (nSPS) is 12.0. The molecule has 0 saturated carbocycles. The molecule has 3 heterocycles. The Kier molecular flexibility index (Phi) is 8.41. The molecule has 3 aromatic heterocycles. The van der Waals surface area contributed by atoms with Gasteiger partial charge in [0.15, 0.2) is 11.4 Å². The van der Waals surface area contributed by atoms with E-state index in [1.54, 1.807) is 21.0 Å². The molecule has 0 radical (unpaired) electrons. The Morgan fingerprint density at radius 1 is 1.07 bits per heavy atom. The third-order valence-electron chi connectivity index (χ3n) is 6.48. The number of hydrogen-bond donors (Lipinski definition) is 3. The number of hydrogen-bond acceptors (Lipinski definition) is 8. The summed E-state index contributed by atoms with van der Waals surface area (Å²) in [5, 5.41) is 10.9. The molecule has 0 bridgehead atoms. The number of fused-ring (bicyclic) bond motifs is 2. The molecule has 0 unspecified atom stereocenters. The molecule has 0 saturated heterocycles. The van der Waals surface area contributed by atoms with E-state index in [4.69, 9.17) is 20.4 Å². The Hall–Kier alpha value is -5.07. The lowest BCUT2D eigenvalue weighted by Crippen LogP contribution is -2.12. The molecule has 2 aromatic carbocycles. The van der Waals surface area contributed by atoms with Gasteiger partial charge in [-0.2, -0.15) is 13.2 Å². The van der Waals surface area contributed by atoms with Gasteiger partial charge in [-0.1, -0.05) is 6.07 Å². The molecule has 0 aliphatic rings. The van der Waals surface area contributed by atoms with Crippen molar-refractivity contribution in [2.75, 3.05) is 37.2 Å². The van der Waals surface area contributed by atoms with Gasteiger partial charge < -0.3 is 30.2 Å². The number of benzene rings is 2. The zero-order valence-electron chi connectivity index (χ0n) is 23.6. The average Bonchev–Trinajstić information content (AvgIpc) is 3.37. The van der Waals surface area contributed by atoms with Crippen molar-refractivity contribution >= 4 is 40.3 Å². The van der Waals surface area contributed by atoms with Gasteiger partial charge in [0.1, 0.15) is 17.5 Å². The molecule has 5 rings (SSSR count). The topological polar surface area (TPSA) is 131 Å². The largest absolute Gasteiger partial charge is 0.493 e. The number of nitrogens with two attached hydrogens (primary N) is 1. The van der Waals surface area contributed by atoms with Crippen molar-refractivity contribution in [3.8, 4) is 16.9 Å². The van der Waals surface area contributed by atoms with Crippen LogP contribution in [0.25, 0.3) is 27.7 Å². The number of anilines is 3. The van der Waals surface area contributed by atoms with Gasteiger partial charge in [0, 0.05) is 36.9 Å². The summed E-state index contributed by atoms with van der Waals surface area (Å²) in [6.07, 6.45) is -0.610. The Morgan fingerprint density at radius 2 is 1.79 bits per heavy atom. The van der Waals surface area contributed by atoms with E-state index in [1.165, 1.54) is 6.07 Å². The summed E-state index contributed by atoms with van der Waals surface area (Å²) in [6.45, 7) is 3.29. The van der Waals surface area contributed by atoms with Crippen molar-refractivity contribution < 1.29 is 27.8 Å². The van der Waals surface area contributed by atoms with Gasteiger partial charge in [0.25, 0.3) is 6.47 Å². The van der Waals surface area contributed by atoms with Crippen LogP contribution in [0.4, 0.5) is 30.5 Å². The highest BCUT2D eigenvalue weighted by molar-refractivity contribution is 5.93. The fraction of sp³-hybridized carbons (Fsp3) is 0.241. The van der Waals surface area contributed by atoms with E-state index >= 15 is 0 Å². The molecule has 0 spiro atoms. The summed E-state index contributed by atoms with van der Waals surface area (Å²) in [5.41, 5.74) is 8.61. The van der Waals surface area contributed by atoms with Crippen LogP contribution in [-0.4, -0.2) is 52.1 Å². The lowest BCUT2D eigenvalue weighted by atomic mass is 10.0. The van der Waals surface area contributed by atoms with Crippen LogP contribution >= 0.6 is 0 Å². The maximum absolute atomic E-state index is 13.4. The number of carboxylic acid groups (broad SMARTS) is 1. The van der Waals surface area contributed by atoms with Gasteiger partial charge in [-0.05, 0) is 61.4 Å². The highest BCUT2D eigenvalue weighted by Gasteiger charge is 2.31. The van der Waals surface area contributed by atoms with E-state index in [0.29, 0.717) is 34.1 Å². The number of aryl methyl sites for hydroxylation is 1. The Morgan fingerprint density at radius 3 is 2.43 bits per heavy atom. The Bertz CT molecular complexity index is 1750. The highest BCUT2D eigenvalue weighted by atomic mass is 19.4. The minimum atomic E-state index is -4.50. The van der Waals surface area contributed by atoms with Gasteiger partial charge >= 0.3 is 6.18 Å². The highest BCUT2D eigenvalue weighted by Crippen LogP contribution is 2.35. The molecule has 1 atom stereocenters. The van der Waals surface area contributed by atoms with E-state index < -0.39 is 17.8 Å². The molecule has 0 fully saturated rings. The van der Waals surface area contributed by atoms with E-state index in [1.807, 2.05) is 60.1 Å². The molecule has 5 aromatic rings. The number of aromatic nitrogens is 4. The lowest BCUT2D eigenvalue weighted by molar-refractivity contribution is -0.137. The van der Waals surface area contributed by atoms with Crippen molar-refractivity contribution in [2.24, 2.45) is 0 Å². The molecule has 0 aliphatic carbocycles. The first-order valence-corrected chi connectivity index (χ1v) is 12.7. The Balaban J connectivity index is 0.00000129. The third-order valence-corrected chi connectivity index (χ3v) is 6.48. The van der Waals surface area contributed by atoms with Crippen LogP contribution in [0.5, 0.6) is 5.75 Å². The van der Waals surface area contributed by atoms with Crippen LogP contribution in [-0.2, 0) is 11.0 Å². The van der Waals surface area contributed by atoms with Crippen molar-refractivity contribution in [2.45, 2.75) is 26.1 Å². The first-order chi connectivity index (χ1) is 19.8. The maximum atomic E-state index is 13.4. The summed E-state index contributed by atoms with van der Waals surface area (Å²) < 4.78 is 47.7. The number of nitrogens with zero attached hydrogens (tertiary/aromatic N) is 5. The number of methoxy groups -OCH3 is 1. The van der Waals surface area contributed by atoms with Crippen LogP contribution in [0.2, 0.25) is 0 Å². The van der Waals surface area contributed by atoms with Crippen LogP contribution in [0.3, 0.4) is 0 Å². The van der Waals surface area contributed by atoms with Gasteiger partial charge in [0.05, 0.1) is 30.4 Å². The number of alkyl halides is 3. The summed E-state index contributed by atoms with van der Waals surface area (Å²) in [7, 11) is 5.44. The van der Waals surface area contributed by atoms with Gasteiger partial charge in [-0.3, -0.25) is 4.79 Å². The molecular formula is C29H30F3N7O3. The van der Waals surface area contributed by atoms with Crippen LogP contribution in [0, 0.1) is 6.92 Å². The molecule has 10 nitrogen and oxygen atoms in total. The number of halogens is 3. The number of nitrogens with one attached hydrogen (secondary N) is 1. The number of ether oxygens (including phenoxy) is 1. The third kappa shape index (κ3) is 6.29. The average molecular weight is 582 g/mol. The zero-order valence-corrected chi connectivity index (χ0v) is 23.6. The van der Waals surface area contributed by atoms with E-state index in [2.05, 4.69) is 20.3 Å². The van der Waals surface area contributed by atoms with E-state index in [9.17, 15) is 13.2 Å². The number of pyridine rings is 1. The number of carbonyl (C=O) groups is 1. The summed E-state index contributed by atoms with van der Waals surface area (Å²) >= 11 is 0. The van der Waals surface area contributed by atoms with Crippen molar-refractivity contribution in [3.63, 3.8) is 0 Å². The maximum Gasteiger partial charge on any atom is 0.416 e. The molecular weight excluding hydrogens is 551 g/mol. The van der Waals surface area contributed by atoms with Crippen LogP contribution in [0.15, 0.2) is 54.9 Å². The number of nitrogen functional groups attached to an aromatic ring is 1. The molecule has 0 amide bonds. The summed E-state index contributed by atoms with van der Waals surface area (Å²) in [4.78, 5) is 24.0. The SMILES string of the molecule is COc1cc(-c2ccc3nc(C)nc(N[C@H](C)c4cc(N)cc(C(F)(F)F)c4)c3c2)cn2cc(N(C)C)nc12.O=CO. The second-order valence-corrected chi connectivity index (χ2v) is 9.73. The van der Waals surface area contributed by atoms with E-state index in [0.717, 1.165) is 34.5 Å². The summed E-state index contributed by atoms with van der Waals surface area (Å²) in [6, 6.07) is 10.8. The fourth-order valence-electron chi connectivity index (χ4n) is 4.49. The fourth-order valence-corrected chi connectivity index (χ4v) is 4.49. The monoisotopic (exact) mass is 581 g/mol. The molecule has 0 aliphatic heterocycles. The lowest BCUT2D eigenvalue weighted by Gasteiger charge is -2.19. The first kappa shape index (κ1) is 29.9. The molecule has 220 valence electrons. The van der Waals surface area contributed by atoms with Crippen LogP contribution in [0.1, 0.15) is 29.9 Å². The summed E-state index contributed by atoms with van der Waals surface area (Å²) in [5.74, 6) is 2.46. The minimum absolute atomic E-state index is 0.0424. The van der Waals surface area contributed by atoms with Crippen molar-refractivity contribution in [1.82, 2.24) is 19.4 Å². The standard InChI is InChI=1S/C28H28F3N7O.CH2O2/c1-15(18-8-20(28(29,30)31)12-21(32)9-18)33-26-22-10-17(6-7-23(22)34-16(2)35-26)19-11-24(39-5)27-36-25(37(3)4)14-38(27)13-19;2-1-3/h6-15H,32H2,1-5H3,(H,33,34,35);1H,(H,2,3)/t15-;/m1./s1. The minimum Gasteiger partial charge on any atom is -0.493 e. The number of imidazole rings is 1. The molecule has 42 heavy (non-hydrogen) atoms. The van der Waals surface area contributed by atoms with Crippen LogP contribution < -0.4 is 20.7 Å². The van der Waals surface area contributed by atoms with Crippen molar-refractivity contribution in [3.05, 3.63) is 71.8 Å². The second kappa shape index (κ2) is 11.8.